The van der Waals surface area contributed by atoms with Crippen LogP contribution >= 0.6 is 11.8 Å². The van der Waals surface area contributed by atoms with Crippen molar-refractivity contribution in [2.24, 2.45) is 0 Å². The van der Waals surface area contributed by atoms with E-state index in [1.807, 2.05) is 41.3 Å². The van der Waals surface area contributed by atoms with Crippen LogP contribution in [0, 0.1) is 0 Å². The number of benzene rings is 3. The Morgan fingerprint density at radius 2 is 1.63 bits per heavy atom. The molecule has 1 aliphatic heterocycles. The summed E-state index contributed by atoms with van der Waals surface area (Å²) in [4.78, 5) is 28.5. The Kier molecular flexibility index (Phi) is 7.82. The first kappa shape index (κ1) is 24.5. The SMILES string of the molecule is COc1cc(CNC(=O)c2ccccc2SCC(=O)N2CCc3ccccc32)cc(OC)c1OC. The lowest BCUT2D eigenvalue weighted by atomic mass is 10.1. The summed E-state index contributed by atoms with van der Waals surface area (Å²) < 4.78 is 16.1. The van der Waals surface area contributed by atoms with Crippen molar-refractivity contribution in [1.82, 2.24) is 5.32 Å². The number of hydrogen-bond donors (Lipinski definition) is 1. The lowest BCUT2D eigenvalue weighted by molar-refractivity contribution is -0.116. The molecule has 35 heavy (non-hydrogen) atoms. The summed E-state index contributed by atoms with van der Waals surface area (Å²) in [5.41, 5.74) is 3.51. The maximum atomic E-state index is 13.0. The minimum Gasteiger partial charge on any atom is -0.493 e. The Hall–Kier alpha value is -3.65. The number of carbonyl (C=O) groups excluding carboxylic acids is 2. The molecule has 0 unspecified atom stereocenters. The molecule has 3 aromatic carbocycles. The van der Waals surface area contributed by atoms with Gasteiger partial charge in [-0.3, -0.25) is 9.59 Å². The molecule has 1 N–H and O–H groups in total. The van der Waals surface area contributed by atoms with Crippen LogP contribution in [-0.4, -0.2) is 45.4 Å². The number of carbonyl (C=O) groups is 2. The fourth-order valence-corrected chi connectivity index (χ4v) is 5.04. The van der Waals surface area contributed by atoms with Crippen molar-refractivity contribution in [2.75, 3.05) is 38.5 Å². The Morgan fingerprint density at radius 3 is 2.34 bits per heavy atom. The van der Waals surface area contributed by atoms with Crippen LogP contribution in [0.15, 0.2) is 65.6 Å². The highest BCUT2D eigenvalue weighted by molar-refractivity contribution is 8.00. The number of rotatable bonds is 9. The van der Waals surface area contributed by atoms with Crippen molar-refractivity contribution in [3.8, 4) is 17.2 Å². The zero-order valence-electron chi connectivity index (χ0n) is 20.0. The number of nitrogens with one attached hydrogen (secondary N) is 1. The molecule has 1 heterocycles. The van der Waals surface area contributed by atoms with E-state index in [4.69, 9.17) is 14.2 Å². The number of para-hydroxylation sites is 1. The summed E-state index contributed by atoms with van der Waals surface area (Å²) in [6, 6.07) is 18.9. The predicted octanol–water partition coefficient (Wildman–Crippen LogP) is 4.32. The summed E-state index contributed by atoms with van der Waals surface area (Å²) in [6.07, 6.45) is 0.868. The lowest BCUT2D eigenvalue weighted by Gasteiger charge is -2.17. The molecule has 0 aliphatic carbocycles. The number of thioether (sulfide) groups is 1. The van der Waals surface area contributed by atoms with E-state index in [0.29, 0.717) is 29.4 Å². The van der Waals surface area contributed by atoms with Crippen LogP contribution in [-0.2, 0) is 17.8 Å². The van der Waals surface area contributed by atoms with Gasteiger partial charge in [-0.2, -0.15) is 0 Å². The normalized spacial score (nSPS) is 12.1. The van der Waals surface area contributed by atoms with E-state index in [9.17, 15) is 9.59 Å². The van der Waals surface area contributed by atoms with Crippen LogP contribution in [0.5, 0.6) is 17.2 Å². The van der Waals surface area contributed by atoms with Gasteiger partial charge in [0.1, 0.15) is 0 Å². The standard InChI is InChI=1S/C27H28N2O5S/c1-32-22-14-18(15-23(33-2)26(22)34-3)16-28-27(31)20-9-5-7-11-24(20)35-17-25(30)29-13-12-19-8-4-6-10-21(19)29/h4-11,14-15H,12-13,16-17H2,1-3H3,(H,28,31). The molecule has 3 aromatic rings. The van der Waals surface area contributed by atoms with Gasteiger partial charge >= 0.3 is 0 Å². The number of nitrogens with zero attached hydrogens (tertiary/aromatic N) is 1. The molecular formula is C27H28N2O5S. The summed E-state index contributed by atoms with van der Waals surface area (Å²) in [6.45, 7) is 0.966. The maximum absolute atomic E-state index is 13.0. The average molecular weight is 493 g/mol. The maximum Gasteiger partial charge on any atom is 0.252 e. The molecule has 2 amide bonds. The van der Waals surface area contributed by atoms with Gasteiger partial charge in [-0.1, -0.05) is 30.3 Å². The minimum absolute atomic E-state index is 0.0348. The van der Waals surface area contributed by atoms with Crippen LogP contribution in [0.1, 0.15) is 21.5 Å². The Morgan fingerprint density at radius 1 is 0.943 bits per heavy atom. The van der Waals surface area contributed by atoms with Crippen molar-refractivity contribution in [1.29, 1.82) is 0 Å². The molecule has 182 valence electrons. The van der Waals surface area contributed by atoms with Gasteiger partial charge in [0.2, 0.25) is 11.7 Å². The molecular weight excluding hydrogens is 464 g/mol. The zero-order chi connectivity index (χ0) is 24.8. The molecule has 0 atom stereocenters. The third kappa shape index (κ3) is 5.38. The second-order valence-electron chi connectivity index (χ2n) is 7.93. The molecule has 0 saturated heterocycles. The highest BCUT2D eigenvalue weighted by Gasteiger charge is 2.24. The third-order valence-electron chi connectivity index (χ3n) is 5.85. The van der Waals surface area contributed by atoms with Crippen LogP contribution in [0.3, 0.4) is 0 Å². The number of anilines is 1. The number of amides is 2. The first-order valence-electron chi connectivity index (χ1n) is 11.2. The summed E-state index contributed by atoms with van der Waals surface area (Å²) in [5, 5.41) is 2.95. The highest BCUT2D eigenvalue weighted by atomic mass is 32.2. The predicted molar refractivity (Wildman–Crippen MR) is 137 cm³/mol. The molecule has 0 fully saturated rings. The van der Waals surface area contributed by atoms with E-state index < -0.39 is 0 Å². The van der Waals surface area contributed by atoms with Gasteiger partial charge < -0.3 is 24.4 Å². The van der Waals surface area contributed by atoms with Gasteiger partial charge in [0.15, 0.2) is 11.5 Å². The molecule has 0 aromatic heterocycles. The molecule has 8 heteroatoms. The monoisotopic (exact) mass is 492 g/mol. The summed E-state index contributed by atoms with van der Waals surface area (Å²) in [7, 11) is 4.65. The first-order chi connectivity index (χ1) is 17.0. The van der Waals surface area contributed by atoms with E-state index in [1.165, 1.54) is 17.3 Å². The molecule has 0 saturated carbocycles. The van der Waals surface area contributed by atoms with Crippen LogP contribution in [0.25, 0.3) is 0 Å². The van der Waals surface area contributed by atoms with Gasteiger partial charge in [-0.25, -0.2) is 0 Å². The average Bonchev–Trinajstić information content (AvgIpc) is 3.34. The van der Waals surface area contributed by atoms with Crippen molar-refractivity contribution in [3.05, 3.63) is 77.4 Å². The smallest absolute Gasteiger partial charge is 0.252 e. The molecule has 0 bridgehead atoms. The Balaban J connectivity index is 1.42. The van der Waals surface area contributed by atoms with Crippen LogP contribution in [0.2, 0.25) is 0 Å². The molecule has 7 nitrogen and oxygen atoms in total. The summed E-state index contributed by atoms with van der Waals surface area (Å²) in [5.74, 6) is 1.61. The van der Waals surface area contributed by atoms with E-state index in [2.05, 4.69) is 11.4 Å². The van der Waals surface area contributed by atoms with Gasteiger partial charge in [0.05, 0.1) is 32.6 Å². The van der Waals surface area contributed by atoms with Crippen molar-refractivity contribution in [2.45, 2.75) is 17.9 Å². The minimum atomic E-state index is -0.221. The third-order valence-corrected chi connectivity index (χ3v) is 6.91. The van der Waals surface area contributed by atoms with Gasteiger partial charge in [0, 0.05) is 23.7 Å². The Bertz CT molecular complexity index is 1200. The molecule has 0 radical (unpaired) electrons. The fourth-order valence-electron chi connectivity index (χ4n) is 4.11. The molecule has 4 rings (SSSR count). The summed E-state index contributed by atoms with van der Waals surface area (Å²) >= 11 is 1.38. The van der Waals surface area contributed by atoms with Crippen LogP contribution < -0.4 is 24.4 Å². The number of hydrogen-bond acceptors (Lipinski definition) is 6. The van der Waals surface area contributed by atoms with E-state index >= 15 is 0 Å². The quantitative estimate of drug-likeness (QED) is 0.448. The Labute approximate surface area is 209 Å². The van der Waals surface area contributed by atoms with Gasteiger partial charge in [-0.05, 0) is 47.9 Å². The van der Waals surface area contributed by atoms with E-state index in [1.54, 1.807) is 39.5 Å². The lowest BCUT2D eigenvalue weighted by Crippen LogP contribution is -2.30. The van der Waals surface area contributed by atoms with Crippen molar-refractivity contribution in [3.63, 3.8) is 0 Å². The second kappa shape index (κ2) is 11.2. The van der Waals surface area contributed by atoms with Crippen LogP contribution in [0.4, 0.5) is 5.69 Å². The van der Waals surface area contributed by atoms with E-state index in [-0.39, 0.29) is 24.1 Å². The second-order valence-corrected chi connectivity index (χ2v) is 8.94. The first-order valence-corrected chi connectivity index (χ1v) is 12.2. The number of ether oxygens (including phenoxy) is 3. The van der Waals surface area contributed by atoms with E-state index in [0.717, 1.165) is 22.6 Å². The zero-order valence-corrected chi connectivity index (χ0v) is 20.8. The van der Waals surface area contributed by atoms with Gasteiger partial charge in [-0.15, -0.1) is 11.8 Å². The molecule has 1 aliphatic rings. The van der Waals surface area contributed by atoms with Crippen molar-refractivity contribution >= 4 is 29.3 Å². The fraction of sp³-hybridized carbons (Fsp3) is 0.259. The topological polar surface area (TPSA) is 77.1 Å². The van der Waals surface area contributed by atoms with Gasteiger partial charge in [0.25, 0.3) is 5.91 Å². The van der Waals surface area contributed by atoms with Crippen molar-refractivity contribution < 1.29 is 23.8 Å². The molecule has 0 spiro atoms. The number of fused-ring (bicyclic) bond motifs is 1. The highest BCUT2D eigenvalue weighted by Crippen LogP contribution is 2.38. The number of methoxy groups -OCH3 is 3. The largest absolute Gasteiger partial charge is 0.493 e.